The van der Waals surface area contributed by atoms with Crippen LogP contribution in [0.4, 0.5) is 0 Å². The molecule has 0 spiro atoms. The van der Waals surface area contributed by atoms with Crippen LogP contribution < -0.4 is 0 Å². The summed E-state index contributed by atoms with van der Waals surface area (Å²) < 4.78 is 2.35. The molecule has 0 amide bonds. The normalized spacial score (nSPS) is 11.5. The summed E-state index contributed by atoms with van der Waals surface area (Å²) in [5.41, 5.74) is 4.07. The lowest BCUT2D eigenvalue weighted by molar-refractivity contribution is 1.19. The minimum atomic E-state index is 0.882. The lowest BCUT2D eigenvalue weighted by Gasteiger charge is -2.08. The number of aromatic nitrogens is 3. The molecule has 0 N–H and O–H groups in total. The molecule has 0 aliphatic rings. The van der Waals surface area contributed by atoms with E-state index in [0.717, 1.165) is 16.9 Å². The van der Waals surface area contributed by atoms with Crippen LogP contribution in [0, 0.1) is 0 Å². The van der Waals surface area contributed by atoms with E-state index < -0.39 is 0 Å². The molecule has 0 fully saturated rings. The second-order valence-electron chi connectivity index (χ2n) is 7.90. The van der Waals surface area contributed by atoms with E-state index in [1.165, 1.54) is 40.8 Å². The van der Waals surface area contributed by atoms with E-state index in [9.17, 15) is 0 Å². The summed E-state index contributed by atoms with van der Waals surface area (Å²) in [4.78, 5) is 14.6. The van der Waals surface area contributed by atoms with Crippen LogP contribution in [0.3, 0.4) is 0 Å². The molecule has 6 heterocycles. The monoisotopic (exact) mass is 491 g/mol. The molecule has 0 radical (unpaired) electrons. The lowest BCUT2D eigenvalue weighted by Crippen LogP contribution is -1.95. The van der Waals surface area contributed by atoms with Gasteiger partial charge in [-0.15, -0.1) is 34.0 Å². The van der Waals surface area contributed by atoms with Gasteiger partial charge in [0.1, 0.15) is 10.7 Å². The molecule has 34 heavy (non-hydrogen) atoms. The average molecular weight is 492 g/mol. The zero-order chi connectivity index (χ0) is 22.5. The molecule has 0 saturated carbocycles. The Labute approximate surface area is 208 Å². The summed E-state index contributed by atoms with van der Waals surface area (Å²) >= 11 is 5.45. The fraction of sp³-hybridized carbons (Fsp3) is 0. The highest BCUT2D eigenvalue weighted by molar-refractivity contribution is 7.26. The number of rotatable bonds is 4. The van der Waals surface area contributed by atoms with Crippen molar-refractivity contribution in [3.8, 4) is 35.9 Å². The molecule has 0 unspecified atom stereocenters. The van der Waals surface area contributed by atoms with Crippen molar-refractivity contribution in [1.82, 2.24) is 14.5 Å². The molecule has 3 nitrogen and oxygen atoms in total. The fourth-order valence-corrected chi connectivity index (χ4v) is 7.39. The van der Waals surface area contributed by atoms with Gasteiger partial charge in [0.05, 0.1) is 16.7 Å². The van der Waals surface area contributed by atoms with E-state index >= 15 is 0 Å². The number of para-hydroxylation sites is 1. The molecule has 7 rings (SSSR count). The summed E-state index contributed by atoms with van der Waals surface area (Å²) in [6.07, 6.45) is 3.72. The number of pyridine rings is 2. The minimum absolute atomic E-state index is 0.882. The van der Waals surface area contributed by atoms with E-state index in [1.54, 1.807) is 11.3 Å². The molecule has 1 aromatic carbocycles. The van der Waals surface area contributed by atoms with Crippen molar-refractivity contribution in [3.05, 3.63) is 103 Å². The maximum atomic E-state index is 4.78. The Hall–Kier alpha value is -3.58. The summed E-state index contributed by atoms with van der Waals surface area (Å²) in [5.74, 6) is 0. The Kier molecular flexibility index (Phi) is 4.68. The topological polar surface area (TPSA) is 30.7 Å². The highest BCUT2D eigenvalue weighted by Gasteiger charge is 2.19. The first kappa shape index (κ1) is 19.9. The molecule has 0 aliphatic heterocycles. The Morgan fingerprint density at radius 2 is 1.41 bits per heavy atom. The Morgan fingerprint density at radius 3 is 2.26 bits per heavy atom. The van der Waals surface area contributed by atoms with Gasteiger partial charge in [-0.3, -0.25) is 14.5 Å². The van der Waals surface area contributed by atoms with Gasteiger partial charge in [-0.05, 0) is 60.0 Å². The van der Waals surface area contributed by atoms with E-state index in [4.69, 9.17) is 4.98 Å². The van der Waals surface area contributed by atoms with Gasteiger partial charge in [0.15, 0.2) is 0 Å². The second-order valence-corrected chi connectivity index (χ2v) is 11.0. The van der Waals surface area contributed by atoms with Crippen molar-refractivity contribution >= 4 is 55.8 Å². The van der Waals surface area contributed by atoms with Gasteiger partial charge in [0, 0.05) is 42.7 Å². The highest BCUT2D eigenvalue weighted by atomic mass is 32.1. The zero-order valence-electron chi connectivity index (χ0n) is 17.9. The summed E-state index contributed by atoms with van der Waals surface area (Å²) in [5, 5.41) is 5.73. The second kappa shape index (κ2) is 8.02. The van der Waals surface area contributed by atoms with Crippen LogP contribution in [0.1, 0.15) is 0 Å². The maximum Gasteiger partial charge on any atom is 0.113 e. The standard InChI is InChI=1S/C28H17N3S3/c1-2-8-21-18(6-1)19-14-16-30-27(20-7-3-4-15-29-20)28(19)31(21)26-13-12-25(34-26)24-11-10-23(33-24)22-9-5-17-32-22/h1-17H. The third kappa shape index (κ3) is 3.15. The van der Waals surface area contributed by atoms with Crippen LogP contribution in [0.25, 0.3) is 57.7 Å². The summed E-state index contributed by atoms with van der Waals surface area (Å²) in [6.45, 7) is 0. The van der Waals surface area contributed by atoms with Crippen molar-refractivity contribution < 1.29 is 0 Å². The van der Waals surface area contributed by atoms with Crippen molar-refractivity contribution in [1.29, 1.82) is 0 Å². The maximum absolute atomic E-state index is 4.78. The van der Waals surface area contributed by atoms with Gasteiger partial charge >= 0.3 is 0 Å². The molecule has 6 heteroatoms. The smallest absolute Gasteiger partial charge is 0.113 e. The van der Waals surface area contributed by atoms with Gasteiger partial charge in [0.25, 0.3) is 0 Å². The largest absolute Gasteiger partial charge is 0.298 e. The first-order valence-electron chi connectivity index (χ1n) is 10.9. The molecule has 0 atom stereocenters. The Balaban J connectivity index is 1.44. The zero-order valence-corrected chi connectivity index (χ0v) is 20.3. The molecule has 7 aromatic rings. The molecule has 0 aliphatic carbocycles. The van der Waals surface area contributed by atoms with E-state index in [0.29, 0.717) is 0 Å². The summed E-state index contributed by atoms with van der Waals surface area (Å²) in [7, 11) is 0. The predicted molar refractivity (Wildman–Crippen MR) is 146 cm³/mol. The number of hydrogen-bond acceptors (Lipinski definition) is 5. The van der Waals surface area contributed by atoms with E-state index in [-0.39, 0.29) is 0 Å². The molecule has 162 valence electrons. The SMILES string of the molecule is c1ccc(-c2nccc3c4ccccc4n(-c4ccc(-c5ccc(-c6cccs6)s5)s4)c23)nc1. The third-order valence-electron chi connectivity index (χ3n) is 5.92. The number of nitrogens with zero attached hydrogens (tertiary/aromatic N) is 3. The van der Waals surface area contributed by atoms with Crippen LogP contribution in [0.2, 0.25) is 0 Å². The van der Waals surface area contributed by atoms with Crippen LogP contribution in [-0.2, 0) is 0 Å². The Morgan fingerprint density at radius 1 is 0.588 bits per heavy atom. The van der Waals surface area contributed by atoms with Crippen LogP contribution in [-0.4, -0.2) is 14.5 Å². The predicted octanol–water partition coefficient (Wildman–Crippen LogP) is 8.76. The van der Waals surface area contributed by atoms with Crippen LogP contribution in [0.5, 0.6) is 0 Å². The van der Waals surface area contributed by atoms with Crippen molar-refractivity contribution in [3.63, 3.8) is 0 Å². The van der Waals surface area contributed by atoms with Crippen LogP contribution >= 0.6 is 34.0 Å². The first-order valence-corrected chi connectivity index (χ1v) is 13.4. The Bertz CT molecular complexity index is 1760. The molecule has 0 bridgehead atoms. The molecular weight excluding hydrogens is 475 g/mol. The van der Waals surface area contributed by atoms with E-state index in [2.05, 4.69) is 81.7 Å². The number of hydrogen-bond donors (Lipinski definition) is 0. The molecular formula is C28H17N3S3. The van der Waals surface area contributed by atoms with Crippen molar-refractivity contribution in [2.24, 2.45) is 0 Å². The highest BCUT2D eigenvalue weighted by Crippen LogP contribution is 2.42. The van der Waals surface area contributed by atoms with Gasteiger partial charge in [-0.2, -0.15) is 0 Å². The van der Waals surface area contributed by atoms with Crippen molar-refractivity contribution in [2.75, 3.05) is 0 Å². The number of thiophene rings is 3. The van der Waals surface area contributed by atoms with Crippen LogP contribution in [0.15, 0.2) is 103 Å². The van der Waals surface area contributed by atoms with Gasteiger partial charge in [0.2, 0.25) is 0 Å². The first-order chi connectivity index (χ1) is 16.9. The summed E-state index contributed by atoms with van der Waals surface area (Å²) in [6, 6.07) is 29.9. The average Bonchev–Trinajstić information content (AvgIpc) is 3.69. The van der Waals surface area contributed by atoms with Crippen molar-refractivity contribution in [2.45, 2.75) is 0 Å². The quantitative estimate of drug-likeness (QED) is 0.246. The number of fused-ring (bicyclic) bond motifs is 3. The minimum Gasteiger partial charge on any atom is -0.298 e. The van der Waals surface area contributed by atoms with Gasteiger partial charge in [-0.1, -0.05) is 30.3 Å². The van der Waals surface area contributed by atoms with Gasteiger partial charge < -0.3 is 0 Å². The molecule has 6 aromatic heterocycles. The fourth-order valence-electron chi connectivity index (χ4n) is 4.44. The number of benzene rings is 1. The van der Waals surface area contributed by atoms with E-state index in [1.807, 2.05) is 53.3 Å². The molecule has 0 saturated heterocycles. The van der Waals surface area contributed by atoms with Gasteiger partial charge in [-0.25, -0.2) is 0 Å². The lowest BCUT2D eigenvalue weighted by atomic mass is 10.1. The third-order valence-corrected chi connectivity index (χ3v) is 9.33.